The van der Waals surface area contributed by atoms with Crippen molar-refractivity contribution in [1.29, 1.82) is 0 Å². The first-order valence-electron chi connectivity index (χ1n) is 10.8. The Kier molecular flexibility index (Phi) is 6.35. The molecule has 9 nitrogen and oxygen atoms in total. The van der Waals surface area contributed by atoms with E-state index in [-0.39, 0.29) is 5.92 Å². The molecular formula is C20H31N7O2S. The zero-order chi connectivity index (χ0) is 21.1. The van der Waals surface area contributed by atoms with E-state index < -0.39 is 10.2 Å². The van der Waals surface area contributed by atoms with Crippen molar-refractivity contribution < 1.29 is 8.42 Å². The van der Waals surface area contributed by atoms with Crippen LogP contribution in [0.3, 0.4) is 0 Å². The van der Waals surface area contributed by atoms with E-state index in [1.807, 2.05) is 26.0 Å². The van der Waals surface area contributed by atoms with Crippen molar-refractivity contribution >= 4 is 21.8 Å². The van der Waals surface area contributed by atoms with Gasteiger partial charge in [-0.2, -0.15) is 22.1 Å². The number of piperidine rings is 2. The number of nitrogens with zero attached hydrogens (tertiary/aromatic N) is 5. The lowest BCUT2D eigenvalue weighted by Crippen LogP contribution is -2.49. The number of hydrogen-bond donors (Lipinski definition) is 2. The smallest absolute Gasteiger partial charge is 0.281 e. The summed E-state index contributed by atoms with van der Waals surface area (Å²) in [5.74, 6) is 2.37. The molecule has 0 radical (unpaired) electrons. The number of rotatable bonds is 6. The number of H-pyrrole nitrogens is 1. The summed E-state index contributed by atoms with van der Waals surface area (Å²) in [4.78, 5) is 9.05. The Hall–Kier alpha value is -2.04. The molecule has 1 atom stereocenters. The minimum atomic E-state index is -3.36. The molecule has 0 saturated carbocycles. The fourth-order valence-corrected chi connectivity index (χ4v) is 6.17. The Morgan fingerprint density at radius 2 is 1.80 bits per heavy atom. The van der Waals surface area contributed by atoms with Crippen molar-refractivity contribution in [3.8, 4) is 0 Å². The highest BCUT2D eigenvalue weighted by molar-refractivity contribution is 7.86. The Bertz CT molecular complexity index is 969. The van der Waals surface area contributed by atoms with Crippen molar-refractivity contribution in [2.45, 2.75) is 52.4 Å². The van der Waals surface area contributed by atoms with E-state index in [0.717, 1.165) is 49.9 Å². The van der Waals surface area contributed by atoms with Gasteiger partial charge in [-0.15, -0.1) is 0 Å². The third kappa shape index (κ3) is 4.98. The molecule has 2 aliphatic heterocycles. The molecule has 0 amide bonds. The Morgan fingerprint density at radius 3 is 2.53 bits per heavy atom. The highest BCUT2D eigenvalue weighted by atomic mass is 32.2. The monoisotopic (exact) mass is 433 g/mol. The highest BCUT2D eigenvalue weighted by Gasteiger charge is 2.34. The maximum atomic E-state index is 13.1. The largest absolute Gasteiger partial charge is 0.323 e. The normalized spacial score (nSPS) is 21.6. The zero-order valence-electron chi connectivity index (χ0n) is 17.8. The molecule has 4 heterocycles. The molecule has 10 heteroatoms. The summed E-state index contributed by atoms with van der Waals surface area (Å²) in [7, 11) is -3.36. The molecule has 2 aliphatic rings. The second kappa shape index (κ2) is 8.99. The van der Waals surface area contributed by atoms with Crippen molar-refractivity contribution in [2.75, 3.05) is 31.5 Å². The van der Waals surface area contributed by atoms with Gasteiger partial charge in [0.05, 0.1) is 0 Å². The van der Waals surface area contributed by atoms with Gasteiger partial charge in [0.1, 0.15) is 11.6 Å². The fourth-order valence-electron chi connectivity index (χ4n) is 4.37. The molecule has 164 valence electrons. The van der Waals surface area contributed by atoms with E-state index in [4.69, 9.17) is 0 Å². The number of hydrogen-bond acceptors (Lipinski definition) is 6. The minimum Gasteiger partial charge on any atom is -0.323 e. The lowest BCUT2D eigenvalue weighted by atomic mass is 9.94. The van der Waals surface area contributed by atoms with Crippen molar-refractivity contribution in [1.82, 2.24) is 28.8 Å². The van der Waals surface area contributed by atoms with E-state index in [0.29, 0.717) is 43.6 Å². The van der Waals surface area contributed by atoms with Crippen LogP contribution in [0.4, 0.5) is 11.6 Å². The van der Waals surface area contributed by atoms with Gasteiger partial charge in [0.25, 0.3) is 10.2 Å². The van der Waals surface area contributed by atoms with Crippen LogP contribution in [0.25, 0.3) is 0 Å². The van der Waals surface area contributed by atoms with Crippen molar-refractivity contribution in [3.05, 3.63) is 29.3 Å². The minimum absolute atomic E-state index is 0.257. The molecule has 0 spiro atoms. The Balaban J connectivity index is 1.43. The maximum absolute atomic E-state index is 13.1. The highest BCUT2D eigenvalue weighted by Crippen LogP contribution is 2.26. The molecule has 0 bridgehead atoms. The number of aromatic nitrogens is 4. The maximum Gasteiger partial charge on any atom is 0.281 e. The van der Waals surface area contributed by atoms with Gasteiger partial charge >= 0.3 is 0 Å². The van der Waals surface area contributed by atoms with Crippen LogP contribution in [0, 0.1) is 19.8 Å². The third-order valence-electron chi connectivity index (χ3n) is 5.80. The van der Waals surface area contributed by atoms with Crippen LogP contribution in [0.2, 0.25) is 0 Å². The first kappa shape index (κ1) is 21.2. The van der Waals surface area contributed by atoms with Crippen LogP contribution in [0.1, 0.15) is 49.3 Å². The Morgan fingerprint density at radius 1 is 1.03 bits per heavy atom. The van der Waals surface area contributed by atoms with Crippen LogP contribution < -0.4 is 5.32 Å². The molecule has 2 aromatic rings. The molecule has 0 aliphatic carbocycles. The number of anilines is 2. The van der Waals surface area contributed by atoms with Gasteiger partial charge in [-0.25, -0.2) is 9.97 Å². The quantitative estimate of drug-likeness (QED) is 0.725. The van der Waals surface area contributed by atoms with E-state index in [9.17, 15) is 8.42 Å². The average Bonchev–Trinajstić information content (AvgIpc) is 3.13. The summed E-state index contributed by atoms with van der Waals surface area (Å²) in [6.07, 6.45) is 5.68. The predicted molar refractivity (Wildman–Crippen MR) is 116 cm³/mol. The molecule has 2 saturated heterocycles. The second-order valence-corrected chi connectivity index (χ2v) is 10.3. The van der Waals surface area contributed by atoms with Gasteiger partial charge < -0.3 is 5.32 Å². The van der Waals surface area contributed by atoms with Crippen molar-refractivity contribution in [2.24, 2.45) is 5.92 Å². The molecule has 2 aromatic heterocycles. The number of nitrogens with one attached hydrogen (secondary N) is 2. The van der Waals surface area contributed by atoms with E-state index in [1.54, 1.807) is 8.61 Å². The SMILES string of the molecule is Cc1nc(CC2CCCN(S(=O)(=O)N3CCCCC3)C2)cc(Nc2cc(C)[nH]n2)n1. The van der Waals surface area contributed by atoms with Gasteiger partial charge in [0, 0.05) is 49.7 Å². The lowest BCUT2D eigenvalue weighted by molar-refractivity contribution is 0.236. The Labute approximate surface area is 178 Å². The summed E-state index contributed by atoms with van der Waals surface area (Å²) in [6.45, 7) is 6.29. The van der Waals surface area contributed by atoms with Crippen LogP contribution in [0.15, 0.2) is 12.1 Å². The van der Waals surface area contributed by atoms with Crippen molar-refractivity contribution in [3.63, 3.8) is 0 Å². The lowest BCUT2D eigenvalue weighted by Gasteiger charge is -2.36. The van der Waals surface area contributed by atoms with Gasteiger partial charge in [-0.1, -0.05) is 6.42 Å². The molecule has 2 N–H and O–H groups in total. The molecule has 4 rings (SSSR count). The van der Waals surface area contributed by atoms with Crippen LogP contribution in [-0.4, -0.2) is 63.4 Å². The van der Waals surface area contributed by atoms with Gasteiger partial charge in [-0.3, -0.25) is 5.10 Å². The fraction of sp³-hybridized carbons (Fsp3) is 0.650. The summed E-state index contributed by atoms with van der Waals surface area (Å²) in [6, 6.07) is 3.86. The first-order chi connectivity index (χ1) is 14.4. The summed E-state index contributed by atoms with van der Waals surface area (Å²) >= 11 is 0. The van der Waals surface area contributed by atoms with E-state index in [2.05, 4.69) is 25.5 Å². The first-order valence-corrected chi connectivity index (χ1v) is 12.2. The van der Waals surface area contributed by atoms with Gasteiger partial charge in [-0.05, 0) is 51.9 Å². The zero-order valence-corrected chi connectivity index (χ0v) is 18.6. The predicted octanol–water partition coefficient (Wildman–Crippen LogP) is 2.55. The summed E-state index contributed by atoms with van der Waals surface area (Å²) in [5.41, 5.74) is 1.90. The second-order valence-electron chi connectivity index (χ2n) is 8.39. The standard InChI is InChI=1S/C20H31N7O2S/c1-15-11-20(25-24-15)23-19-13-18(21-16(2)22-19)12-17-7-6-10-27(14-17)30(28,29)26-8-4-3-5-9-26/h11,13,17H,3-10,12,14H2,1-2H3,(H2,21,22,23,24,25). The van der Waals surface area contributed by atoms with Crippen LogP contribution in [-0.2, 0) is 16.6 Å². The average molecular weight is 434 g/mol. The van der Waals surface area contributed by atoms with Gasteiger partial charge in [0.15, 0.2) is 5.82 Å². The molecular weight excluding hydrogens is 402 g/mol. The van der Waals surface area contributed by atoms with E-state index >= 15 is 0 Å². The number of aryl methyl sites for hydroxylation is 2. The molecule has 0 aromatic carbocycles. The van der Waals surface area contributed by atoms with E-state index in [1.165, 1.54) is 0 Å². The number of aromatic amines is 1. The van der Waals surface area contributed by atoms with Gasteiger partial charge in [0.2, 0.25) is 0 Å². The summed E-state index contributed by atoms with van der Waals surface area (Å²) in [5, 5.41) is 10.3. The molecule has 1 unspecified atom stereocenters. The third-order valence-corrected chi connectivity index (χ3v) is 7.80. The van der Waals surface area contributed by atoms with Crippen LogP contribution in [0.5, 0.6) is 0 Å². The molecule has 30 heavy (non-hydrogen) atoms. The van der Waals surface area contributed by atoms with Crippen LogP contribution >= 0.6 is 0 Å². The molecule has 2 fully saturated rings. The summed E-state index contributed by atoms with van der Waals surface area (Å²) < 4.78 is 29.5. The topological polar surface area (TPSA) is 107 Å².